The van der Waals surface area contributed by atoms with Gasteiger partial charge in [0.1, 0.15) is 29.6 Å². The average Bonchev–Trinajstić information content (AvgIpc) is 2.63. The van der Waals surface area contributed by atoms with Crippen molar-refractivity contribution in [3.8, 4) is 22.6 Å². The maximum absolute atomic E-state index is 13.2. The number of hydrogen-bond donors (Lipinski definition) is 1. The summed E-state index contributed by atoms with van der Waals surface area (Å²) in [5, 5.41) is 0. The number of sulfonamides is 1. The summed E-state index contributed by atoms with van der Waals surface area (Å²) in [6.07, 6.45) is 1.86. The van der Waals surface area contributed by atoms with Gasteiger partial charge in [-0.25, -0.2) is 8.96 Å². The van der Waals surface area contributed by atoms with Gasteiger partial charge in [0, 0.05) is 0 Å². The monoisotopic (exact) mass is 385 g/mol. The quantitative estimate of drug-likeness (QED) is 0.701. The molecule has 4 rings (SSSR count). The number of anilines is 1. The molecule has 1 aliphatic rings. The van der Waals surface area contributed by atoms with Gasteiger partial charge in [0.15, 0.2) is 0 Å². The number of aromatic nitrogens is 1. The molecule has 1 aromatic heterocycles. The second kappa shape index (κ2) is 6.66. The first kappa shape index (κ1) is 17.5. The van der Waals surface area contributed by atoms with Crippen molar-refractivity contribution in [2.24, 2.45) is 0 Å². The summed E-state index contributed by atoms with van der Waals surface area (Å²) in [6.45, 7) is 2.20. The number of fused-ring (bicyclic) bond motifs is 1. The van der Waals surface area contributed by atoms with Gasteiger partial charge in [0.05, 0.1) is 11.8 Å². The molecule has 1 aliphatic heterocycles. The smallest absolute Gasteiger partial charge is 0.302 e. The van der Waals surface area contributed by atoms with Crippen molar-refractivity contribution < 1.29 is 22.1 Å². The van der Waals surface area contributed by atoms with Crippen molar-refractivity contribution >= 4 is 15.8 Å². The maximum atomic E-state index is 13.2. The lowest BCUT2D eigenvalue weighted by Gasteiger charge is -2.16. The van der Waals surface area contributed by atoms with Crippen molar-refractivity contribution in [3.05, 3.63) is 72.2 Å². The van der Waals surface area contributed by atoms with Gasteiger partial charge >= 0.3 is 10.0 Å². The Balaban J connectivity index is 1.64. The number of ether oxygens (including phenoxy) is 1. The van der Waals surface area contributed by atoms with Crippen molar-refractivity contribution in [2.45, 2.75) is 13.5 Å². The van der Waals surface area contributed by atoms with E-state index in [9.17, 15) is 12.8 Å². The third-order valence-corrected chi connectivity index (χ3v) is 5.68. The van der Waals surface area contributed by atoms with Crippen LogP contribution in [0, 0.1) is 12.7 Å². The first-order valence-corrected chi connectivity index (χ1v) is 10.1. The van der Waals surface area contributed by atoms with Gasteiger partial charge in [0.2, 0.25) is 0 Å². The van der Waals surface area contributed by atoms with E-state index in [0.717, 1.165) is 11.1 Å². The molecule has 0 radical (unpaired) electrons. The SMILES string of the molecule is Cc1cc(F)ccc1Oc1ccc(-c2ccc[n+]3c2NS(=O)(=O)CC3)cc1. The Bertz CT molecular complexity index is 1110. The second-order valence-corrected chi connectivity index (χ2v) is 8.26. The third kappa shape index (κ3) is 3.64. The van der Waals surface area contributed by atoms with E-state index in [1.54, 1.807) is 25.1 Å². The Hall–Kier alpha value is -2.93. The first-order chi connectivity index (χ1) is 12.9. The molecule has 27 heavy (non-hydrogen) atoms. The summed E-state index contributed by atoms with van der Waals surface area (Å²) in [5.74, 6) is 1.53. The molecule has 2 heterocycles. The van der Waals surface area contributed by atoms with Crippen LogP contribution < -0.4 is 14.0 Å². The maximum Gasteiger partial charge on any atom is 0.302 e. The van der Waals surface area contributed by atoms with Crippen LogP contribution in [0.2, 0.25) is 0 Å². The van der Waals surface area contributed by atoms with E-state index in [2.05, 4.69) is 4.72 Å². The fourth-order valence-corrected chi connectivity index (χ4v) is 4.12. The van der Waals surface area contributed by atoms with E-state index in [1.807, 2.05) is 35.0 Å². The molecule has 0 saturated heterocycles. The standard InChI is InChI=1S/C20H17FN2O3S/c1-14-13-16(21)6-9-19(14)26-17-7-4-15(5-8-17)18-3-2-10-23-11-12-27(24,25)22-20(18)23/h2-10,13H,11-12H2,1H3/p+1. The summed E-state index contributed by atoms with van der Waals surface area (Å²) >= 11 is 0. The molecule has 0 bridgehead atoms. The first-order valence-electron chi connectivity index (χ1n) is 8.49. The molecule has 138 valence electrons. The molecule has 5 nitrogen and oxygen atoms in total. The molecule has 1 N–H and O–H groups in total. The van der Waals surface area contributed by atoms with Crippen molar-refractivity contribution in [2.75, 3.05) is 10.5 Å². The molecular weight excluding hydrogens is 367 g/mol. The molecule has 0 spiro atoms. The van der Waals surface area contributed by atoms with Gasteiger partial charge in [-0.2, -0.15) is 13.1 Å². The Labute approximate surface area is 157 Å². The Morgan fingerprint density at radius 3 is 2.63 bits per heavy atom. The molecule has 0 fully saturated rings. The minimum absolute atomic E-state index is 0.0674. The molecule has 2 aromatic carbocycles. The highest BCUT2D eigenvalue weighted by molar-refractivity contribution is 7.92. The summed E-state index contributed by atoms with van der Waals surface area (Å²) in [5.41, 5.74) is 2.37. The van der Waals surface area contributed by atoms with Gasteiger partial charge in [-0.3, -0.25) is 0 Å². The van der Waals surface area contributed by atoms with Gasteiger partial charge in [-0.1, -0.05) is 12.1 Å². The lowest BCUT2D eigenvalue weighted by Crippen LogP contribution is -2.47. The fourth-order valence-electron chi connectivity index (χ4n) is 3.06. The Morgan fingerprint density at radius 2 is 1.89 bits per heavy atom. The minimum Gasteiger partial charge on any atom is -0.457 e. The fraction of sp³-hybridized carbons (Fsp3) is 0.150. The lowest BCUT2D eigenvalue weighted by molar-refractivity contribution is -0.679. The third-order valence-electron chi connectivity index (χ3n) is 4.45. The van der Waals surface area contributed by atoms with Crippen LogP contribution in [0.15, 0.2) is 60.8 Å². The molecule has 3 aromatic rings. The normalized spacial score (nSPS) is 14.9. The number of hydrogen-bond acceptors (Lipinski definition) is 3. The van der Waals surface area contributed by atoms with Crippen LogP contribution in [0.3, 0.4) is 0 Å². The summed E-state index contributed by atoms with van der Waals surface area (Å²) < 4.78 is 47.4. The minimum atomic E-state index is -3.31. The van der Waals surface area contributed by atoms with Crippen molar-refractivity contribution in [1.29, 1.82) is 0 Å². The number of aryl methyl sites for hydroxylation is 2. The predicted octanol–water partition coefficient (Wildman–Crippen LogP) is 3.64. The lowest BCUT2D eigenvalue weighted by atomic mass is 10.1. The van der Waals surface area contributed by atoms with E-state index >= 15 is 0 Å². The van der Waals surface area contributed by atoms with Crippen LogP contribution in [0.25, 0.3) is 11.1 Å². The highest BCUT2D eigenvalue weighted by Crippen LogP contribution is 2.31. The van der Waals surface area contributed by atoms with Gasteiger partial charge in [-0.15, -0.1) is 0 Å². The molecule has 0 aliphatic carbocycles. The predicted molar refractivity (Wildman–Crippen MR) is 101 cm³/mol. The van der Waals surface area contributed by atoms with Crippen LogP contribution in [0.5, 0.6) is 11.5 Å². The highest BCUT2D eigenvalue weighted by Gasteiger charge is 2.29. The summed E-state index contributed by atoms with van der Waals surface area (Å²) in [7, 11) is -3.31. The van der Waals surface area contributed by atoms with Crippen molar-refractivity contribution in [1.82, 2.24) is 0 Å². The van der Waals surface area contributed by atoms with Crippen LogP contribution >= 0.6 is 0 Å². The van der Waals surface area contributed by atoms with Crippen LogP contribution in [-0.4, -0.2) is 14.2 Å². The number of halogens is 1. The van der Waals surface area contributed by atoms with Gasteiger partial charge < -0.3 is 4.74 Å². The zero-order valence-corrected chi connectivity index (χ0v) is 15.5. The molecule has 0 atom stereocenters. The Kier molecular flexibility index (Phi) is 4.31. The average molecular weight is 385 g/mol. The molecular formula is C20H18FN2O3S+. The number of benzene rings is 2. The van der Waals surface area contributed by atoms with E-state index in [1.165, 1.54) is 12.1 Å². The number of pyridine rings is 1. The van der Waals surface area contributed by atoms with E-state index < -0.39 is 10.0 Å². The van der Waals surface area contributed by atoms with Crippen LogP contribution in [0.1, 0.15) is 5.56 Å². The molecule has 0 amide bonds. The Morgan fingerprint density at radius 1 is 1.11 bits per heavy atom. The number of nitrogens with one attached hydrogen (secondary N) is 1. The van der Waals surface area contributed by atoms with Crippen LogP contribution in [0.4, 0.5) is 10.2 Å². The van der Waals surface area contributed by atoms with Gasteiger partial charge in [0.25, 0.3) is 5.82 Å². The molecule has 0 saturated carbocycles. The highest BCUT2D eigenvalue weighted by atomic mass is 32.2. The summed E-state index contributed by atoms with van der Waals surface area (Å²) in [6, 6.07) is 15.5. The van der Waals surface area contributed by atoms with E-state index in [0.29, 0.717) is 29.4 Å². The molecule has 7 heteroatoms. The van der Waals surface area contributed by atoms with Gasteiger partial charge in [-0.05, 0) is 60.5 Å². The topological polar surface area (TPSA) is 59.3 Å². The van der Waals surface area contributed by atoms with Crippen LogP contribution in [-0.2, 0) is 16.6 Å². The zero-order valence-electron chi connectivity index (χ0n) is 14.6. The second-order valence-electron chi connectivity index (χ2n) is 6.42. The largest absolute Gasteiger partial charge is 0.457 e. The summed E-state index contributed by atoms with van der Waals surface area (Å²) in [4.78, 5) is 0. The van der Waals surface area contributed by atoms with E-state index in [-0.39, 0.29) is 11.6 Å². The zero-order chi connectivity index (χ0) is 19.0. The van der Waals surface area contributed by atoms with E-state index in [4.69, 9.17) is 4.74 Å². The number of rotatable bonds is 3. The van der Waals surface area contributed by atoms with Crippen molar-refractivity contribution in [3.63, 3.8) is 0 Å². The molecule has 0 unspecified atom stereocenters. The number of nitrogens with zero attached hydrogens (tertiary/aromatic N) is 1.